The minimum atomic E-state index is 0.125. The summed E-state index contributed by atoms with van der Waals surface area (Å²) in [5.74, 6) is 0.125. The molecule has 0 fully saturated rings. The zero-order chi connectivity index (χ0) is 19.8. The van der Waals surface area contributed by atoms with Crippen molar-refractivity contribution in [3.05, 3.63) is 65.9 Å². The zero-order valence-electron chi connectivity index (χ0n) is 15.6. The van der Waals surface area contributed by atoms with Gasteiger partial charge in [0.15, 0.2) is 5.96 Å². The highest BCUT2D eigenvalue weighted by molar-refractivity contribution is 7.18. The Morgan fingerprint density at radius 2 is 1.64 bits per heavy atom. The van der Waals surface area contributed by atoms with Gasteiger partial charge in [-0.25, -0.2) is 4.98 Å². The minimum Gasteiger partial charge on any atom is -0.390 e. The molecule has 0 amide bonds. The molecule has 3 rings (SSSR count). The average molecular weight is 393 g/mol. The Hall–Kier alpha value is -3.19. The van der Waals surface area contributed by atoms with Crippen LogP contribution >= 0.6 is 11.3 Å². The van der Waals surface area contributed by atoms with Gasteiger partial charge in [0.2, 0.25) is 0 Å². The number of benzene rings is 2. The summed E-state index contributed by atoms with van der Waals surface area (Å²) in [6, 6.07) is 16.8. The molecule has 0 radical (unpaired) electrons. The Kier molecular flexibility index (Phi) is 6.75. The van der Waals surface area contributed by atoms with Gasteiger partial charge in [0.05, 0.1) is 11.2 Å². The van der Waals surface area contributed by atoms with Gasteiger partial charge in [-0.05, 0) is 35.6 Å². The van der Waals surface area contributed by atoms with Crippen LogP contribution in [0.3, 0.4) is 0 Å². The highest BCUT2D eigenvalue weighted by Crippen LogP contribution is 2.32. The number of nitrogens with zero attached hydrogens (tertiary/aromatic N) is 3. The Balaban J connectivity index is 1.75. The Bertz CT molecular complexity index is 972. The molecule has 28 heavy (non-hydrogen) atoms. The SMILES string of the molecule is NC=NCCc1cccc(-c2ncc(-c3cccc(CCN=C(N)N)c3)s2)c1. The molecule has 0 spiro atoms. The highest BCUT2D eigenvalue weighted by atomic mass is 32.1. The maximum Gasteiger partial charge on any atom is 0.185 e. The molecule has 1 aromatic heterocycles. The van der Waals surface area contributed by atoms with Crippen molar-refractivity contribution in [2.75, 3.05) is 13.1 Å². The quantitative estimate of drug-likeness (QED) is 0.404. The first-order valence-electron chi connectivity index (χ1n) is 9.05. The first-order valence-corrected chi connectivity index (χ1v) is 9.87. The number of thiazole rings is 1. The fourth-order valence-corrected chi connectivity index (χ4v) is 3.77. The van der Waals surface area contributed by atoms with Crippen LogP contribution in [0.25, 0.3) is 21.0 Å². The molecule has 0 aliphatic rings. The standard InChI is InChI=1S/C21H24N6S/c22-14-25-9-7-15-4-2-6-18(12-15)20-27-13-19(28-20)17-5-1-3-16(11-17)8-10-26-21(23)24/h1-6,11-14H,7-10H2,(H2,22,25)(H4,23,24,26). The van der Waals surface area contributed by atoms with Crippen LogP contribution in [0.15, 0.2) is 64.7 Å². The monoisotopic (exact) mass is 392 g/mol. The Labute approximate surface area is 168 Å². The smallest absolute Gasteiger partial charge is 0.185 e. The van der Waals surface area contributed by atoms with Crippen molar-refractivity contribution >= 4 is 23.6 Å². The predicted molar refractivity (Wildman–Crippen MR) is 119 cm³/mol. The zero-order valence-corrected chi connectivity index (χ0v) is 16.4. The van der Waals surface area contributed by atoms with Gasteiger partial charge >= 0.3 is 0 Å². The van der Waals surface area contributed by atoms with E-state index in [0.717, 1.165) is 33.9 Å². The van der Waals surface area contributed by atoms with Crippen molar-refractivity contribution in [1.29, 1.82) is 0 Å². The number of rotatable bonds is 8. The first-order chi connectivity index (χ1) is 13.7. The van der Waals surface area contributed by atoms with E-state index in [-0.39, 0.29) is 5.96 Å². The predicted octanol–water partition coefficient (Wildman–Crippen LogP) is 2.82. The molecule has 6 N–H and O–H groups in total. The van der Waals surface area contributed by atoms with E-state index < -0.39 is 0 Å². The fraction of sp³-hybridized carbons (Fsp3) is 0.190. The normalized spacial score (nSPS) is 11.0. The fourth-order valence-electron chi connectivity index (χ4n) is 2.86. The van der Waals surface area contributed by atoms with Gasteiger partial charge in [0.25, 0.3) is 0 Å². The number of guanidine groups is 1. The van der Waals surface area contributed by atoms with E-state index in [2.05, 4.69) is 63.5 Å². The van der Waals surface area contributed by atoms with E-state index in [4.69, 9.17) is 17.2 Å². The molecular weight excluding hydrogens is 368 g/mol. The molecule has 6 nitrogen and oxygen atoms in total. The van der Waals surface area contributed by atoms with Crippen molar-refractivity contribution in [2.45, 2.75) is 12.8 Å². The summed E-state index contributed by atoms with van der Waals surface area (Å²) >= 11 is 1.69. The molecule has 0 bridgehead atoms. The van der Waals surface area contributed by atoms with Gasteiger partial charge in [-0.2, -0.15) is 0 Å². The lowest BCUT2D eigenvalue weighted by atomic mass is 10.1. The first kappa shape index (κ1) is 19.6. The molecule has 0 aliphatic carbocycles. The molecule has 3 aromatic rings. The Morgan fingerprint density at radius 1 is 0.964 bits per heavy atom. The van der Waals surface area contributed by atoms with E-state index in [1.165, 1.54) is 17.5 Å². The molecule has 0 aliphatic heterocycles. The average Bonchev–Trinajstić information content (AvgIpc) is 3.19. The third kappa shape index (κ3) is 5.40. The molecule has 0 saturated carbocycles. The van der Waals surface area contributed by atoms with Crippen LogP contribution in [0.5, 0.6) is 0 Å². The maximum absolute atomic E-state index is 5.39. The largest absolute Gasteiger partial charge is 0.390 e. The third-order valence-corrected chi connectivity index (χ3v) is 5.32. The van der Waals surface area contributed by atoms with Gasteiger partial charge in [0, 0.05) is 24.8 Å². The molecule has 0 atom stereocenters. The van der Waals surface area contributed by atoms with Gasteiger partial charge in [-0.15, -0.1) is 11.3 Å². The van der Waals surface area contributed by atoms with E-state index in [9.17, 15) is 0 Å². The maximum atomic E-state index is 5.39. The number of nitrogens with two attached hydrogens (primary N) is 3. The van der Waals surface area contributed by atoms with Crippen molar-refractivity contribution in [1.82, 2.24) is 4.98 Å². The second-order valence-electron chi connectivity index (χ2n) is 6.29. The summed E-state index contributed by atoms with van der Waals surface area (Å²) in [7, 11) is 0. The van der Waals surface area contributed by atoms with Crippen molar-refractivity contribution in [3.8, 4) is 21.0 Å². The van der Waals surface area contributed by atoms with Crippen LogP contribution in [-0.2, 0) is 12.8 Å². The topological polar surface area (TPSA) is 116 Å². The van der Waals surface area contributed by atoms with Gasteiger partial charge in [-0.1, -0.05) is 42.5 Å². The van der Waals surface area contributed by atoms with Crippen LogP contribution < -0.4 is 17.2 Å². The molecule has 0 saturated heterocycles. The second-order valence-corrected chi connectivity index (χ2v) is 7.32. The summed E-state index contributed by atoms with van der Waals surface area (Å²) in [5.41, 5.74) is 20.8. The van der Waals surface area contributed by atoms with Crippen LogP contribution in [0, 0.1) is 0 Å². The number of aliphatic imine (C=N–C) groups is 2. The molecule has 144 valence electrons. The number of hydrogen-bond acceptors (Lipinski definition) is 4. The number of aromatic nitrogens is 1. The van der Waals surface area contributed by atoms with E-state index >= 15 is 0 Å². The van der Waals surface area contributed by atoms with Gasteiger partial charge in [0.1, 0.15) is 5.01 Å². The van der Waals surface area contributed by atoms with Gasteiger partial charge < -0.3 is 17.2 Å². The van der Waals surface area contributed by atoms with Crippen LogP contribution in [0.2, 0.25) is 0 Å². The third-order valence-electron chi connectivity index (χ3n) is 4.22. The summed E-state index contributed by atoms with van der Waals surface area (Å²) in [6.45, 7) is 1.27. The molecule has 2 aromatic carbocycles. The lowest BCUT2D eigenvalue weighted by Gasteiger charge is -2.03. The second kappa shape index (κ2) is 9.66. The van der Waals surface area contributed by atoms with E-state index in [0.29, 0.717) is 13.1 Å². The molecule has 0 unspecified atom stereocenters. The molecule has 1 heterocycles. The van der Waals surface area contributed by atoms with Crippen molar-refractivity contribution in [3.63, 3.8) is 0 Å². The summed E-state index contributed by atoms with van der Waals surface area (Å²) < 4.78 is 0. The molecule has 7 heteroatoms. The van der Waals surface area contributed by atoms with Crippen molar-refractivity contribution in [2.24, 2.45) is 27.2 Å². The Morgan fingerprint density at radius 3 is 2.36 bits per heavy atom. The summed E-state index contributed by atoms with van der Waals surface area (Å²) in [6.07, 6.45) is 4.94. The van der Waals surface area contributed by atoms with Crippen LogP contribution in [-0.4, -0.2) is 30.4 Å². The molecular formula is C21H24N6S. The van der Waals surface area contributed by atoms with E-state index in [1.54, 1.807) is 11.3 Å². The minimum absolute atomic E-state index is 0.125. The summed E-state index contributed by atoms with van der Waals surface area (Å²) in [4.78, 5) is 13.9. The van der Waals surface area contributed by atoms with Gasteiger partial charge in [-0.3, -0.25) is 9.98 Å². The van der Waals surface area contributed by atoms with Crippen LogP contribution in [0.4, 0.5) is 0 Å². The van der Waals surface area contributed by atoms with Crippen molar-refractivity contribution < 1.29 is 0 Å². The summed E-state index contributed by atoms with van der Waals surface area (Å²) in [5, 5.41) is 1.00. The highest BCUT2D eigenvalue weighted by Gasteiger charge is 2.08. The van der Waals surface area contributed by atoms with E-state index in [1.807, 2.05) is 6.20 Å². The van der Waals surface area contributed by atoms with Crippen LogP contribution in [0.1, 0.15) is 11.1 Å². The number of hydrogen-bond donors (Lipinski definition) is 3. The lowest BCUT2D eigenvalue weighted by Crippen LogP contribution is -2.23. The lowest BCUT2D eigenvalue weighted by molar-refractivity contribution is 0.963.